The third-order valence-electron chi connectivity index (χ3n) is 1.68. The molecule has 1 aromatic rings. The molecular weight excluding hydrogens is 216 g/mol. The van der Waals surface area contributed by atoms with Gasteiger partial charge in [0.25, 0.3) is 0 Å². The summed E-state index contributed by atoms with van der Waals surface area (Å²) in [6.07, 6.45) is 0. The Labute approximate surface area is 92.1 Å². The number of halogens is 2. The SMILES string of the molecule is CCN=C(N)Nc1ccc(OC(F)F)cc1. The molecule has 0 aliphatic carbocycles. The number of nitrogens with two attached hydrogens (primary N) is 1. The molecule has 88 valence electrons. The fourth-order valence-corrected chi connectivity index (χ4v) is 1.08. The maximum absolute atomic E-state index is 11.9. The van der Waals surface area contributed by atoms with Crippen molar-refractivity contribution in [3.63, 3.8) is 0 Å². The van der Waals surface area contributed by atoms with Crippen LogP contribution in [0.2, 0.25) is 0 Å². The normalized spacial score (nSPS) is 11.6. The molecule has 0 unspecified atom stereocenters. The van der Waals surface area contributed by atoms with E-state index in [-0.39, 0.29) is 11.7 Å². The minimum atomic E-state index is -2.81. The average Bonchev–Trinajstić information content (AvgIpc) is 2.20. The first-order valence-corrected chi connectivity index (χ1v) is 4.73. The van der Waals surface area contributed by atoms with E-state index in [0.29, 0.717) is 12.2 Å². The second-order valence-corrected chi connectivity index (χ2v) is 2.89. The second kappa shape index (κ2) is 5.89. The van der Waals surface area contributed by atoms with Gasteiger partial charge in [-0.25, -0.2) is 0 Å². The number of hydrogen-bond acceptors (Lipinski definition) is 2. The first-order valence-electron chi connectivity index (χ1n) is 4.73. The van der Waals surface area contributed by atoms with Gasteiger partial charge in [0, 0.05) is 12.2 Å². The summed E-state index contributed by atoms with van der Waals surface area (Å²) in [6.45, 7) is -0.384. The molecule has 0 amide bonds. The monoisotopic (exact) mass is 229 g/mol. The number of nitrogens with zero attached hydrogens (tertiary/aromatic N) is 1. The van der Waals surface area contributed by atoms with Crippen molar-refractivity contribution in [2.75, 3.05) is 11.9 Å². The number of guanidine groups is 1. The van der Waals surface area contributed by atoms with Gasteiger partial charge in [-0.1, -0.05) is 0 Å². The van der Waals surface area contributed by atoms with Crippen LogP contribution < -0.4 is 15.8 Å². The number of benzene rings is 1. The van der Waals surface area contributed by atoms with Crippen molar-refractivity contribution in [2.24, 2.45) is 10.7 Å². The molecule has 0 aliphatic rings. The van der Waals surface area contributed by atoms with E-state index in [0.717, 1.165) is 0 Å². The number of anilines is 1. The number of hydrogen-bond donors (Lipinski definition) is 2. The first-order chi connectivity index (χ1) is 7.61. The second-order valence-electron chi connectivity index (χ2n) is 2.89. The van der Waals surface area contributed by atoms with Gasteiger partial charge < -0.3 is 15.8 Å². The van der Waals surface area contributed by atoms with Crippen LogP contribution in [0.5, 0.6) is 5.75 Å². The highest BCUT2D eigenvalue weighted by Crippen LogP contribution is 2.17. The van der Waals surface area contributed by atoms with E-state index in [4.69, 9.17) is 5.73 Å². The molecular formula is C10H13F2N3O. The summed E-state index contributed by atoms with van der Waals surface area (Å²) < 4.78 is 27.9. The van der Waals surface area contributed by atoms with Gasteiger partial charge in [-0.3, -0.25) is 4.99 Å². The van der Waals surface area contributed by atoms with Crippen LogP contribution in [0.3, 0.4) is 0 Å². The third-order valence-corrected chi connectivity index (χ3v) is 1.68. The molecule has 0 radical (unpaired) electrons. The quantitative estimate of drug-likeness (QED) is 0.613. The van der Waals surface area contributed by atoms with Gasteiger partial charge in [0.1, 0.15) is 5.75 Å². The van der Waals surface area contributed by atoms with Crippen molar-refractivity contribution >= 4 is 11.6 Å². The summed E-state index contributed by atoms with van der Waals surface area (Å²) in [5, 5.41) is 2.81. The highest BCUT2D eigenvalue weighted by atomic mass is 19.3. The van der Waals surface area contributed by atoms with E-state index < -0.39 is 6.61 Å². The summed E-state index contributed by atoms with van der Waals surface area (Å²) in [5.74, 6) is 0.386. The van der Waals surface area contributed by atoms with Crippen LogP contribution in [0.4, 0.5) is 14.5 Å². The Kier molecular flexibility index (Phi) is 4.50. The Balaban J connectivity index is 2.61. The van der Waals surface area contributed by atoms with Crippen LogP contribution in [-0.4, -0.2) is 19.1 Å². The first kappa shape index (κ1) is 12.2. The fourth-order valence-electron chi connectivity index (χ4n) is 1.08. The summed E-state index contributed by atoms with van der Waals surface area (Å²) in [4.78, 5) is 3.92. The van der Waals surface area contributed by atoms with Crippen molar-refractivity contribution in [3.8, 4) is 5.75 Å². The predicted molar refractivity (Wildman–Crippen MR) is 58.9 cm³/mol. The van der Waals surface area contributed by atoms with Crippen LogP contribution in [-0.2, 0) is 0 Å². The maximum atomic E-state index is 11.9. The Hall–Kier alpha value is -1.85. The zero-order chi connectivity index (χ0) is 12.0. The molecule has 0 aromatic heterocycles. The molecule has 0 heterocycles. The molecule has 1 rings (SSSR count). The van der Waals surface area contributed by atoms with E-state index in [2.05, 4.69) is 15.0 Å². The number of rotatable bonds is 4. The van der Waals surface area contributed by atoms with Gasteiger partial charge in [0.2, 0.25) is 0 Å². The van der Waals surface area contributed by atoms with Gasteiger partial charge >= 0.3 is 6.61 Å². The molecule has 4 nitrogen and oxygen atoms in total. The van der Waals surface area contributed by atoms with Crippen LogP contribution in [0.1, 0.15) is 6.92 Å². The zero-order valence-corrected chi connectivity index (χ0v) is 8.78. The fraction of sp³-hybridized carbons (Fsp3) is 0.300. The van der Waals surface area contributed by atoms with Gasteiger partial charge in [0.15, 0.2) is 5.96 Å². The van der Waals surface area contributed by atoms with E-state index in [1.807, 2.05) is 6.92 Å². The van der Waals surface area contributed by atoms with Gasteiger partial charge in [0.05, 0.1) is 0 Å². The summed E-state index contributed by atoms with van der Waals surface area (Å²) in [7, 11) is 0. The number of aliphatic imine (C=N–C) groups is 1. The van der Waals surface area contributed by atoms with Gasteiger partial charge in [-0.15, -0.1) is 0 Å². The molecule has 6 heteroatoms. The minimum Gasteiger partial charge on any atom is -0.435 e. The number of nitrogens with one attached hydrogen (secondary N) is 1. The molecule has 0 aliphatic heterocycles. The van der Waals surface area contributed by atoms with Crippen molar-refractivity contribution in [3.05, 3.63) is 24.3 Å². The molecule has 3 N–H and O–H groups in total. The lowest BCUT2D eigenvalue weighted by atomic mass is 10.3. The van der Waals surface area contributed by atoms with Crippen LogP contribution in [0.25, 0.3) is 0 Å². The standard InChI is InChI=1S/C10H13F2N3O/c1-2-14-10(13)15-7-3-5-8(6-4-7)16-9(11)12/h3-6,9H,2H2,1H3,(H3,13,14,15). The maximum Gasteiger partial charge on any atom is 0.387 e. The van der Waals surface area contributed by atoms with Crippen LogP contribution >= 0.6 is 0 Å². The molecule has 0 spiro atoms. The van der Waals surface area contributed by atoms with Crippen molar-refractivity contribution in [2.45, 2.75) is 13.5 Å². The molecule has 1 aromatic carbocycles. The lowest BCUT2D eigenvalue weighted by Gasteiger charge is -2.07. The smallest absolute Gasteiger partial charge is 0.387 e. The lowest BCUT2D eigenvalue weighted by Crippen LogP contribution is -2.22. The van der Waals surface area contributed by atoms with E-state index in [9.17, 15) is 8.78 Å². The highest BCUT2D eigenvalue weighted by molar-refractivity contribution is 5.92. The zero-order valence-electron chi connectivity index (χ0n) is 8.78. The topological polar surface area (TPSA) is 59.6 Å². The highest BCUT2D eigenvalue weighted by Gasteiger charge is 2.03. The third kappa shape index (κ3) is 4.12. The Morgan fingerprint density at radius 1 is 1.44 bits per heavy atom. The van der Waals surface area contributed by atoms with Crippen molar-refractivity contribution in [1.82, 2.24) is 0 Å². The molecule has 0 saturated heterocycles. The lowest BCUT2D eigenvalue weighted by molar-refractivity contribution is -0.0498. The van der Waals surface area contributed by atoms with E-state index >= 15 is 0 Å². The van der Waals surface area contributed by atoms with Crippen molar-refractivity contribution in [1.29, 1.82) is 0 Å². The number of ether oxygens (including phenoxy) is 1. The van der Waals surface area contributed by atoms with E-state index in [1.54, 1.807) is 12.1 Å². The van der Waals surface area contributed by atoms with Crippen molar-refractivity contribution < 1.29 is 13.5 Å². The molecule has 0 saturated carbocycles. The van der Waals surface area contributed by atoms with E-state index in [1.165, 1.54) is 12.1 Å². The average molecular weight is 229 g/mol. The molecule has 0 atom stereocenters. The van der Waals surface area contributed by atoms with Gasteiger partial charge in [-0.2, -0.15) is 8.78 Å². The summed E-state index contributed by atoms with van der Waals surface area (Å²) in [6, 6.07) is 6.01. The predicted octanol–water partition coefficient (Wildman–Crippen LogP) is 2.03. The van der Waals surface area contributed by atoms with Crippen LogP contribution in [0.15, 0.2) is 29.3 Å². The van der Waals surface area contributed by atoms with Gasteiger partial charge in [-0.05, 0) is 31.2 Å². The molecule has 16 heavy (non-hydrogen) atoms. The molecule has 0 bridgehead atoms. The summed E-state index contributed by atoms with van der Waals surface area (Å²) in [5.41, 5.74) is 6.19. The Morgan fingerprint density at radius 3 is 2.56 bits per heavy atom. The largest absolute Gasteiger partial charge is 0.435 e. The van der Waals surface area contributed by atoms with Crippen LogP contribution in [0, 0.1) is 0 Å². The Bertz CT molecular complexity index is 352. The Morgan fingerprint density at radius 2 is 2.06 bits per heavy atom. The minimum absolute atomic E-state index is 0.103. The molecule has 0 fully saturated rings. The number of alkyl halides is 2. The summed E-state index contributed by atoms with van der Waals surface area (Å²) >= 11 is 0.